The summed E-state index contributed by atoms with van der Waals surface area (Å²) < 4.78 is 5.50. The van der Waals surface area contributed by atoms with Crippen LogP contribution in [0.5, 0.6) is 5.75 Å². The Morgan fingerprint density at radius 2 is 1.96 bits per heavy atom. The smallest absolute Gasteiger partial charge is 0.238 e. The molecule has 1 aromatic heterocycles. The third-order valence-electron chi connectivity index (χ3n) is 4.41. The van der Waals surface area contributed by atoms with E-state index in [0.29, 0.717) is 12.4 Å². The highest BCUT2D eigenvalue weighted by Gasteiger charge is 2.35. The summed E-state index contributed by atoms with van der Waals surface area (Å²) in [6, 6.07) is 18.0. The zero-order valence-corrected chi connectivity index (χ0v) is 15.6. The van der Waals surface area contributed by atoms with Crippen LogP contribution in [0.1, 0.15) is 23.6 Å². The van der Waals surface area contributed by atoms with Crippen LogP contribution in [0.25, 0.3) is 10.9 Å². The molecular formula is C21H20N2O2S. The molecule has 2 aromatic carbocycles. The molecule has 2 heterocycles. The molecule has 1 aliphatic rings. The van der Waals surface area contributed by atoms with Crippen LogP contribution in [0, 0.1) is 6.92 Å². The summed E-state index contributed by atoms with van der Waals surface area (Å²) >= 11 is 1.62. The maximum absolute atomic E-state index is 12.5. The molecule has 1 atom stereocenters. The van der Waals surface area contributed by atoms with E-state index in [-0.39, 0.29) is 11.3 Å². The minimum atomic E-state index is -0.105. The van der Waals surface area contributed by atoms with Gasteiger partial charge in [-0.2, -0.15) is 0 Å². The molecule has 3 aromatic rings. The molecule has 0 radical (unpaired) electrons. The molecule has 0 aliphatic carbocycles. The number of benzene rings is 2. The number of carbonyl (C=O) groups excluding carboxylic acids is 1. The predicted octanol–water partition coefficient (Wildman–Crippen LogP) is 4.72. The van der Waals surface area contributed by atoms with Crippen molar-refractivity contribution in [2.45, 2.75) is 19.2 Å². The van der Waals surface area contributed by atoms with Crippen molar-refractivity contribution in [3.63, 3.8) is 0 Å². The SMILES string of the molecule is CCOc1ccc(N2C(=O)CS[C@@H]2c2ccc3cc(C)ccc3n2)cc1. The van der Waals surface area contributed by atoms with Crippen LogP contribution in [0.3, 0.4) is 0 Å². The van der Waals surface area contributed by atoms with Crippen molar-refractivity contribution in [1.82, 2.24) is 4.98 Å². The first kappa shape index (κ1) is 16.9. The van der Waals surface area contributed by atoms with Crippen molar-refractivity contribution >= 4 is 34.3 Å². The van der Waals surface area contributed by atoms with E-state index in [0.717, 1.165) is 28.0 Å². The number of rotatable bonds is 4. The van der Waals surface area contributed by atoms with Crippen molar-refractivity contribution in [1.29, 1.82) is 0 Å². The van der Waals surface area contributed by atoms with Crippen molar-refractivity contribution in [2.75, 3.05) is 17.3 Å². The standard InChI is InChI=1S/C21H20N2O2S/c1-3-25-17-8-6-16(7-9-17)23-20(24)13-26-21(23)19-11-5-15-12-14(2)4-10-18(15)22-19/h4-12,21H,3,13H2,1-2H3/t21-/m1/s1. The molecule has 0 N–H and O–H groups in total. The number of carbonyl (C=O) groups is 1. The number of aryl methyl sites for hydroxylation is 1. The molecule has 4 rings (SSSR count). The van der Waals surface area contributed by atoms with E-state index < -0.39 is 0 Å². The van der Waals surface area contributed by atoms with Gasteiger partial charge in [-0.25, -0.2) is 4.98 Å². The third-order valence-corrected chi connectivity index (χ3v) is 5.59. The molecular weight excluding hydrogens is 344 g/mol. The van der Waals surface area contributed by atoms with Gasteiger partial charge in [0.2, 0.25) is 5.91 Å². The van der Waals surface area contributed by atoms with Gasteiger partial charge in [-0.15, -0.1) is 11.8 Å². The average Bonchev–Trinajstić information content (AvgIpc) is 3.04. The number of hydrogen-bond donors (Lipinski definition) is 0. The second-order valence-corrected chi connectivity index (χ2v) is 7.35. The van der Waals surface area contributed by atoms with Gasteiger partial charge < -0.3 is 4.74 Å². The van der Waals surface area contributed by atoms with Crippen LogP contribution in [0.15, 0.2) is 54.6 Å². The molecule has 1 amide bonds. The molecule has 1 fully saturated rings. The van der Waals surface area contributed by atoms with Gasteiger partial charge in [0.25, 0.3) is 0 Å². The van der Waals surface area contributed by atoms with Gasteiger partial charge in [0.1, 0.15) is 11.1 Å². The first-order chi connectivity index (χ1) is 12.7. The summed E-state index contributed by atoms with van der Waals surface area (Å²) in [4.78, 5) is 19.2. The molecule has 132 valence electrons. The highest BCUT2D eigenvalue weighted by Crippen LogP contribution is 2.41. The topological polar surface area (TPSA) is 42.4 Å². The Labute approximate surface area is 157 Å². The molecule has 1 saturated heterocycles. The van der Waals surface area contributed by atoms with Crippen LogP contribution in [-0.4, -0.2) is 23.3 Å². The lowest BCUT2D eigenvalue weighted by molar-refractivity contribution is -0.115. The van der Waals surface area contributed by atoms with E-state index in [1.165, 1.54) is 5.56 Å². The summed E-state index contributed by atoms with van der Waals surface area (Å²) in [5.41, 5.74) is 3.96. The molecule has 1 aliphatic heterocycles. The van der Waals surface area contributed by atoms with Gasteiger partial charge in [0.15, 0.2) is 0 Å². The van der Waals surface area contributed by atoms with Gasteiger partial charge in [-0.1, -0.05) is 17.7 Å². The molecule has 4 nitrogen and oxygen atoms in total. The van der Waals surface area contributed by atoms with E-state index in [9.17, 15) is 4.79 Å². The number of hydrogen-bond acceptors (Lipinski definition) is 4. The summed E-state index contributed by atoms with van der Waals surface area (Å²) in [5, 5.41) is 1.02. The second-order valence-electron chi connectivity index (χ2n) is 6.29. The molecule has 0 unspecified atom stereocenters. The van der Waals surface area contributed by atoms with Crippen LogP contribution >= 0.6 is 11.8 Å². The lowest BCUT2D eigenvalue weighted by Crippen LogP contribution is -2.28. The largest absolute Gasteiger partial charge is 0.494 e. The summed E-state index contributed by atoms with van der Waals surface area (Å²) in [6.45, 7) is 4.66. The fourth-order valence-corrected chi connectivity index (χ4v) is 4.32. The summed E-state index contributed by atoms with van der Waals surface area (Å²) in [6.07, 6.45) is 0. The Morgan fingerprint density at radius 1 is 1.15 bits per heavy atom. The average molecular weight is 364 g/mol. The van der Waals surface area contributed by atoms with Crippen LogP contribution in [0.2, 0.25) is 0 Å². The number of ether oxygens (including phenoxy) is 1. The Morgan fingerprint density at radius 3 is 2.73 bits per heavy atom. The van der Waals surface area contributed by atoms with Crippen LogP contribution < -0.4 is 9.64 Å². The van der Waals surface area contributed by atoms with Crippen molar-refractivity contribution in [3.8, 4) is 5.75 Å². The summed E-state index contributed by atoms with van der Waals surface area (Å²) in [7, 11) is 0. The number of fused-ring (bicyclic) bond motifs is 1. The van der Waals surface area contributed by atoms with E-state index in [4.69, 9.17) is 9.72 Å². The Balaban J connectivity index is 1.68. The van der Waals surface area contributed by atoms with Crippen molar-refractivity contribution < 1.29 is 9.53 Å². The molecule has 5 heteroatoms. The molecule has 0 spiro atoms. The van der Waals surface area contributed by atoms with E-state index >= 15 is 0 Å². The normalized spacial score (nSPS) is 17.1. The zero-order valence-electron chi connectivity index (χ0n) is 14.8. The van der Waals surface area contributed by atoms with Crippen LogP contribution in [-0.2, 0) is 4.79 Å². The maximum Gasteiger partial charge on any atom is 0.238 e. The molecule has 0 bridgehead atoms. The maximum atomic E-state index is 12.5. The minimum Gasteiger partial charge on any atom is -0.494 e. The van der Waals surface area contributed by atoms with Gasteiger partial charge >= 0.3 is 0 Å². The fourth-order valence-electron chi connectivity index (χ4n) is 3.19. The first-order valence-electron chi connectivity index (χ1n) is 8.69. The third kappa shape index (κ3) is 3.15. The van der Waals surface area contributed by atoms with Gasteiger partial charge in [-0.3, -0.25) is 9.69 Å². The number of aromatic nitrogens is 1. The second kappa shape index (κ2) is 7.00. The van der Waals surface area contributed by atoms with Crippen molar-refractivity contribution in [3.05, 3.63) is 65.9 Å². The Kier molecular flexibility index (Phi) is 4.55. The van der Waals surface area contributed by atoms with Gasteiger partial charge in [0.05, 0.1) is 23.6 Å². The Hall–Kier alpha value is -2.53. The zero-order chi connectivity index (χ0) is 18.1. The minimum absolute atomic E-state index is 0.105. The number of anilines is 1. The number of amides is 1. The fraction of sp³-hybridized carbons (Fsp3) is 0.238. The highest BCUT2D eigenvalue weighted by atomic mass is 32.2. The number of pyridine rings is 1. The van der Waals surface area contributed by atoms with Crippen molar-refractivity contribution in [2.24, 2.45) is 0 Å². The molecule has 0 saturated carbocycles. The van der Waals surface area contributed by atoms with E-state index in [2.05, 4.69) is 25.1 Å². The number of thioether (sulfide) groups is 1. The van der Waals surface area contributed by atoms with E-state index in [1.54, 1.807) is 11.8 Å². The summed E-state index contributed by atoms with van der Waals surface area (Å²) in [5.74, 6) is 1.38. The lowest BCUT2D eigenvalue weighted by atomic mass is 10.1. The lowest BCUT2D eigenvalue weighted by Gasteiger charge is -2.24. The van der Waals surface area contributed by atoms with E-state index in [1.807, 2.05) is 48.2 Å². The van der Waals surface area contributed by atoms with Gasteiger partial charge in [-0.05, 0) is 56.3 Å². The predicted molar refractivity (Wildman–Crippen MR) is 107 cm³/mol. The Bertz CT molecular complexity index is 956. The van der Waals surface area contributed by atoms with Gasteiger partial charge in [0, 0.05) is 11.1 Å². The monoisotopic (exact) mass is 364 g/mol. The van der Waals surface area contributed by atoms with Crippen LogP contribution in [0.4, 0.5) is 5.69 Å². The molecule has 26 heavy (non-hydrogen) atoms. The number of nitrogens with zero attached hydrogens (tertiary/aromatic N) is 2. The quantitative estimate of drug-likeness (QED) is 0.672. The highest BCUT2D eigenvalue weighted by molar-refractivity contribution is 8.00. The first-order valence-corrected chi connectivity index (χ1v) is 9.74.